The van der Waals surface area contributed by atoms with Crippen LogP contribution in [0.1, 0.15) is 51.5 Å². The van der Waals surface area contributed by atoms with Gasteiger partial charge in [-0.3, -0.25) is 9.59 Å². The molecule has 8 heteroatoms. The van der Waals surface area contributed by atoms with Crippen LogP contribution in [0.15, 0.2) is 18.2 Å². The molecule has 0 saturated carbocycles. The number of carbonyl (C=O) groups is 2. The molecule has 0 aliphatic rings. The average Bonchev–Trinajstić information content (AvgIpc) is 3.00. The molecule has 1 aromatic heterocycles. The Labute approximate surface area is 175 Å². The molecule has 0 unspecified atom stereocenters. The number of hydrogen-bond acceptors (Lipinski definition) is 6. The zero-order valence-corrected chi connectivity index (χ0v) is 17.7. The zero-order valence-electron chi connectivity index (χ0n) is 17.7. The lowest BCUT2D eigenvalue weighted by Gasteiger charge is -2.18. The molecule has 5 N–H and O–H groups in total. The van der Waals surface area contributed by atoms with E-state index in [1.54, 1.807) is 13.8 Å². The summed E-state index contributed by atoms with van der Waals surface area (Å²) in [6.07, 6.45) is 2.81. The first kappa shape index (κ1) is 23.0. The molecule has 2 aromatic rings. The summed E-state index contributed by atoms with van der Waals surface area (Å²) in [6, 6.07) is 2.15. The number of hydrogen-bond donors (Lipinski definition) is 5. The van der Waals surface area contributed by atoms with Crippen LogP contribution in [0.3, 0.4) is 0 Å². The largest absolute Gasteiger partial charge is 0.504 e. The van der Waals surface area contributed by atoms with Crippen LogP contribution in [0, 0.1) is 13.8 Å². The summed E-state index contributed by atoms with van der Waals surface area (Å²) in [7, 11) is 0. The van der Waals surface area contributed by atoms with E-state index >= 15 is 0 Å². The smallest absolute Gasteiger partial charge is 0.253 e. The van der Waals surface area contributed by atoms with E-state index in [9.17, 15) is 24.9 Å². The van der Waals surface area contributed by atoms with E-state index in [-0.39, 0.29) is 11.5 Å². The number of amides is 1. The van der Waals surface area contributed by atoms with E-state index in [0.29, 0.717) is 29.1 Å². The maximum atomic E-state index is 12.6. The van der Waals surface area contributed by atoms with Crippen molar-refractivity contribution >= 4 is 17.8 Å². The van der Waals surface area contributed by atoms with Crippen molar-refractivity contribution < 1.29 is 24.9 Å². The summed E-state index contributed by atoms with van der Waals surface area (Å²) in [5.41, 5.74) is 2.59. The van der Waals surface area contributed by atoms with Crippen LogP contribution < -0.4 is 5.32 Å². The minimum atomic E-state index is -0.678. The van der Waals surface area contributed by atoms with Gasteiger partial charge in [0.15, 0.2) is 23.0 Å². The highest BCUT2D eigenvalue weighted by molar-refractivity contribution is 6.07. The fourth-order valence-electron chi connectivity index (χ4n) is 3.24. The molecule has 0 bridgehead atoms. The van der Waals surface area contributed by atoms with E-state index < -0.39 is 23.0 Å². The van der Waals surface area contributed by atoms with Gasteiger partial charge in [0.1, 0.15) is 0 Å². The highest BCUT2D eigenvalue weighted by Crippen LogP contribution is 2.35. The van der Waals surface area contributed by atoms with Crippen molar-refractivity contribution in [1.29, 1.82) is 0 Å². The monoisotopic (exact) mass is 415 g/mol. The third-order valence-electron chi connectivity index (χ3n) is 5.07. The molecule has 0 aliphatic heterocycles. The van der Waals surface area contributed by atoms with Gasteiger partial charge in [-0.25, -0.2) is 0 Å². The lowest BCUT2D eigenvalue weighted by atomic mass is 10.1. The number of ketones is 1. The first-order valence-corrected chi connectivity index (χ1v) is 9.86. The fourth-order valence-corrected chi connectivity index (χ4v) is 3.24. The highest BCUT2D eigenvalue weighted by Gasteiger charge is 2.17. The van der Waals surface area contributed by atoms with Gasteiger partial charge in [-0.1, -0.05) is 13.8 Å². The maximum Gasteiger partial charge on any atom is 0.253 e. The van der Waals surface area contributed by atoms with Gasteiger partial charge < -0.3 is 30.5 Å². The Morgan fingerprint density at radius 1 is 1.10 bits per heavy atom. The molecule has 1 aromatic carbocycles. The third-order valence-corrected chi connectivity index (χ3v) is 5.07. The van der Waals surface area contributed by atoms with E-state index in [1.807, 2.05) is 0 Å². The van der Waals surface area contributed by atoms with Gasteiger partial charge in [-0.2, -0.15) is 0 Å². The first-order chi connectivity index (χ1) is 14.2. The topological polar surface area (TPSA) is 126 Å². The Hall–Kier alpha value is -3.26. The summed E-state index contributed by atoms with van der Waals surface area (Å²) < 4.78 is 0. The Kier molecular flexibility index (Phi) is 7.66. The van der Waals surface area contributed by atoms with Crippen molar-refractivity contribution in [2.45, 2.75) is 27.7 Å². The molecule has 1 heterocycles. The standard InChI is InChI=1S/C22H29N3O5/c1-5-25(6-2)10-9-23-22(30)20-13(3)16(24-14(20)4)7-8-17(26)15-11-18(27)21(29)19(28)12-15/h7-8,11-12,24,27-29H,5-6,9-10H2,1-4H3,(H,23,30)/b8-7+. The Bertz CT molecular complexity index is 935. The molecule has 2 rings (SSSR count). The molecule has 0 spiro atoms. The third kappa shape index (κ3) is 5.21. The summed E-state index contributed by atoms with van der Waals surface area (Å²) in [4.78, 5) is 30.3. The van der Waals surface area contributed by atoms with Crippen LogP contribution in [0.4, 0.5) is 0 Å². The molecule has 0 saturated heterocycles. The lowest BCUT2D eigenvalue weighted by molar-refractivity contribution is 0.0947. The van der Waals surface area contributed by atoms with E-state index in [2.05, 4.69) is 29.0 Å². The number of aromatic amines is 1. The summed E-state index contributed by atoms with van der Waals surface area (Å²) in [6.45, 7) is 10.9. The van der Waals surface area contributed by atoms with Crippen molar-refractivity contribution in [3.63, 3.8) is 0 Å². The van der Waals surface area contributed by atoms with Crippen LogP contribution in [0.5, 0.6) is 17.2 Å². The predicted octanol–water partition coefficient (Wildman–Crippen LogP) is 2.72. The van der Waals surface area contributed by atoms with Crippen LogP contribution in [0.2, 0.25) is 0 Å². The molecule has 30 heavy (non-hydrogen) atoms. The Balaban J connectivity index is 2.13. The number of carbonyl (C=O) groups excluding carboxylic acids is 2. The second-order valence-corrected chi connectivity index (χ2v) is 7.01. The van der Waals surface area contributed by atoms with Gasteiger partial charge in [0.25, 0.3) is 5.91 Å². The number of H-pyrrole nitrogens is 1. The van der Waals surface area contributed by atoms with Crippen molar-refractivity contribution in [3.8, 4) is 17.2 Å². The van der Waals surface area contributed by atoms with Crippen LogP contribution in [-0.2, 0) is 0 Å². The van der Waals surface area contributed by atoms with Crippen molar-refractivity contribution in [2.75, 3.05) is 26.2 Å². The molecule has 0 atom stereocenters. The molecule has 1 amide bonds. The average molecular weight is 415 g/mol. The van der Waals surface area contributed by atoms with E-state index in [4.69, 9.17) is 0 Å². The molecule has 0 radical (unpaired) electrons. The van der Waals surface area contributed by atoms with E-state index in [1.165, 1.54) is 12.2 Å². The molecule has 0 fully saturated rings. The summed E-state index contributed by atoms with van der Waals surface area (Å²) in [5, 5.41) is 31.4. The SMILES string of the molecule is CCN(CC)CCNC(=O)c1c(C)[nH]c(/C=C/C(=O)c2cc(O)c(O)c(O)c2)c1C. The molecular weight excluding hydrogens is 386 g/mol. The van der Waals surface area contributed by atoms with Gasteiger partial charge in [-0.15, -0.1) is 0 Å². The van der Waals surface area contributed by atoms with Crippen LogP contribution in [-0.4, -0.2) is 63.1 Å². The van der Waals surface area contributed by atoms with Gasteiger partial charge in [0, 0.05) is 30.0 Å². The summed E-state index contributed by atoms with van der Waals surface area (Å²) in [5.74, 6) is -2.49. The Morgan fingerprint density at radius 2 is 1.70 bits per heavy atom. The Morgan fingerprint density at radius 3 is 2.27 bits per heavy atom. The number of aromatic hydroxyl groups is 3. The number of rotatable bonds is 9. The molecule has 162 valence electrons. The number of nitrogens with zero attached hydrogens (tertiary/aromatic N) is 1. The number of phenols is 3. The lowest BCUT2D eigenvalue weighted by Crippen LogP contribution is -2.35. The molecule has 8 nitrogen and oxygen atoms in total. The van der Waals surface area contributed by atoms with Crippen molar-refractivity contribution in [3.05, 3.63) is 46.3 Å². The number of likely N-dealkylation sites (N-methyl/N-ethyl adjacent to an activating group) is 1. The normalized spacial score (nSPS) is 11.4. The number of aromatic nitrogens is 1. The van der Waals surface area contributed by atoms with Crippen LogP contribution in [0.25, 0.3) is 6.08 Å². The van der Waals surface area contributed by atoms with E-state index in [0.717, 1.165) is 31.8 Å². The minimum absolute atomic E-state index is 0.0225. The quantitative estimate of drug-likeness (QED) is 0.244. The summed E-state index contributed by atoms with van der Waals surface area (Å²) >= 11 is 0. The maximum absolute atomic E-state index is 12.6. The van der Waals surface area contributed by atoms with Gasteiger partial charge >= 0.3 is 0 Å². The molecular formula is C22H29N3O5. The van der Waals surface area contributed by atoms with Crippen LogP contribution >= 0.6 is 0 Å². The van der Waals surface area contributed by atoms with Gasteiger partial charge in [0.2, 0.25) is 0 Å². The minimum Gasteiger partial charge on any atom is -0.504 e. The number of nitrogens with one attached hydrogen (secondary N) is 2. The van der Waals surface area contributed by atoms with Crippen molar-refractivity contribution in [1.82, 2.24) is 15.2 Å². The molecule has 0 aliphatic carbocycles. The van der Waals surface area contributed by atoms with Crippen molar-refractivity contribution in [2.24, 2.45) is 0 Å². The fraction of sp³-hybridized carbons (Fsp3) is 0.364. The predicted molar refractivity (Wildman–Crippen MR) is 115 cm³/mol. The second-order valence-electron chi connectivity index (χ2n) is 7.01. The second kappa shape index (κ2) is 9.98. The number of aryl methyl sites for hydroxylation is 1. The van der Waals surface area contributed by atoms with Gasteiger partial charge in [0.05, 0.1) is 5.56 Å². The first-order valence-electron chi connectivity index (χ1n) is 9.86. The zero-order chi connectivity index (χ0) is 22.4. The highest BCUT2D eigenvalue weighted by atomic mass is 16.3. The number of phenolic OH excluding ortho intramolecular Hbond substituents is 3. The number of benzene rings is 1. The van der Waals surface area contributed by atoms with Gasteiger partial charge in [-0.05, 0) is 56.8 Å². The number of allylic oxidation sites excluding steroid dienone is 1.